The molecule has 6 nitrogen and oxygen atoms in total. The normalized spacial score (nSPS) is 30.5. The molecule has 2 aliphatic rings. The fourth-order valence-electron chi connectivity index (χ4n) is 2.82. The lowest BCUT2D eigenvalue weighted by Crippen LogP contribution is -2.35. The molecule has 0 aliphatic carbocycles. The standard InChI is InChI=1S/C15H24N4O2/c1-5-13(14-9(2)8-12(21-14)6-7-20)19-11(4)10(3)17-15(16)18-19/h5,9,12,14,20H,4,6-8H2,1-3H3,(H2,16,18). The Morgan fingerprint density at radius 2 is 2.33 bits per heavy atom. The lowest BCUT2D eigenvalue weighted by Gasteiger charge is -2.31. The van der Waals surface area contributed by atoms with Crippen LogP contribution in [0.4, 0.5) is 0 Å². The molecular formula is C15H24N4O2. The van der Waals surface area contributed by atoms with Crippen LogP contribution < -0.4 is 5.73 Å². The summed E-state index contributed by atoms with van der Waals surface area (Å²) in [5.41, 5.74) is 8.14. The van der Waals surface area contributed by atoms with Crippen LogP contribution in [0.1, 0.15) is 33.6 Å². The van der Waals surface area contributed by atoms with Crippen molar-refractivity contribution in [3.05, 3.63) is 24.0 Å². The molecule has 0 saturated carbocycles. The van der Waals surface area contributed by atoms with Crippen LogP contribution in [0, 0.1) is 5.92 Å². The first kappa shape index (κ1) is 15.7. The first-order valence-corrected chi connectivity index (χ1v) is 7.29. The zero-order valence-corrected chi connectivity index (χ0v) is 12.9. The van der Waals surface area contributed by atoms with Gasteiger partial charge in [0.2, 0.25) is 5.96 Å². The maximum absolute atomic E-state index is 9.08. The smallest absolute Gasteiger partial charge is 0.238 e. The summed E-state index contributed by atoms with van der Waals surface area (Å²) in [6, 6.07) is 0. The zero-order chi connectivity index (χ0) is 15.6. The van der Waals surface area contributed by atoms with E-state index in [4.69, 9.17) is 15.6 Å². The molecule has 0 aromatic carbocycles. The average Bonchev–Trinajstić information content (AvgIpc) is 2.77. The number of nitrogens with two attached hydrogens (primary N) is 1. The van der Waals surface area contributed by atoms with Crippen molar-refractivity contribution in [1.29, 1.82) is 0 Å². The number of aliphatic hydroxyl groups is 1. The van der Waals surface area contributed by atoms with Crippen LogP contribution in [0.2, 0.25) is 0 Å². The molecule has 2 rings (SSSR count). The number of hydrogen-bond acceptors (Lipinski definition) is 6. The van der Waals surface area contributed by atoms with Gasteiger partial charge >= 0.3 is 0 Å². The molecule has 1 saturated heterocycles. The van der Waals surface area contributed by atoms with Gasteiger partial charge in [-0.25, -0.2) is 10.0 Å². The number of guanidine groups is 1. The first-order chi connectivity index (χ1) is 9.97. The molecule has 3 unspecified atom stereocenters. The van der Waals surface area contributed by atoms with Gasteiger partial charge in [-0.15, -0.1) is 5.10 Å². The monoisotopic (exact) mass is 292 g/mol. The van der Waals surface area contributed by atoms with Gasteiger partial charge in [-0.1, -0.05) is 19.6 Å². The Kier molecular flexibility index (Phi) is 4.80. The quantitative estimate of drug-likeness (QED) is 0.824. The number of hydrogen-bond donors (Lipinski definition) is 2. The third kappa shape index (κ3) is 3.16. The molecule has 3 N–H and O–H groups in total. The van der Waals surface area contributed by atoms with E-state index in [1.807, 2.05) is 19.9 Å². The molecule has 116 valence electrons. The van der Waals surface area contributed by atoms with E-state index in [-0.39, 0.29) is 24.8 Å². The van der Waals surface area contributed by atoms with Crippen molar-refractivity contribution in [2.45, 2.75) is 45.8 Å². The van der Waals surface area contributed by atoms with Crippen molar-refractivity contribution >= 4 is 11.7 Å². The number of allylic oxidation sites excluding steroid dienone is 2. The highest BCUT2D eigenvalue weighted by Crippen LogP contribution is 2.35. The first-order valence-electron chi connectivity index (χ1n) is 7.29. The zero-order valence-electron chi connectivity index (χ0n) is 12.9. The molecular weight excluding hydrogens is 268 g/mol. The molecule has 0 radical (unpaired) electrons. The maximum atomic E-state index is 9.08. The van der Waals surface area contributed by atoms with E-state index in [0.717, 1.165) is 17.8 Å². The Balaban J connectivity index is 2.21. The predicted molar refractivity (Wildman–Crippen MR) is 83.6 cm³/mol. The molecule has 0 amide bonds. The summed E-state index contributed by atoms with van der Waals surface area (Å²) in [6.07, 6.45) is 3.56. The van der Waals surface area contributed by atoms with E-state index < -0.39 is 0 Å². The average molecular weight is 292 g/mol. The Morgan fingerprint density at radius 3 is 2.95 bits per heavy atom. The number of hydrazone groups is 1. The molecule has 2 heterocycles. The fraction of sp³-hybridized carbons (Fsp3) is 0.600. The number of rotatable bonds is 4. The van der Waals surface area contributed by atoms with E-state index in [0.29, 0.717) is 18.0 Å². The van der Waals surface area contributed by atoms with Gasteiger partial charge in [-0.2, -0.15) is 0 Å². The topological polar surface area (TPSA) is 83.4 Å². The minimum absolute atomic E-state index is 0.0780. The van der Waals surface area contributed by atoms with Gasteiger partial charge in [0, 0.05) is 6.61 Å². The third-order valence-corrected chi connectivity index (χ3v) is 3.93. The molecule has 1 fully saturated rings. The van der Waals surface area contributed by atoms with Crippen molar-refractivity contribution in [2.75, 3.05) is 6.61 Å². The van der Waals surface area contributed by atoms with Crippen LogP contribution in [0.3, 0.4) is 0 Å². The highest BCUT2D eigenvalue weighted by atomic mass is 16.5. The molecule has 6 heteroatoms. The van der Waals surface area contributed by atoms with Crippen LogP contribution >= 0.6 is 0 Å². The van der Waals surface area contributed by atoms with Gasteiger partial charge < -0.3 is 15.6 Å². The largest absolute Gasteiger partial charge is 0.396 e. The minimum atomic E-state index is -0.0780. The minimum Gasteiger partial charge on any atom is -0.396 e. The van der Waals surface area contributed by atoms with E-state index in [2.05, 4.69) is 23.6 Å². The van der Waals surface area contributed by atoms with E-state index in [1.54, 1.807) is 5.01 Å². The SMILES string of the molecule is C=C1C(C)=NC(N)=NN1C(=CC)C1OC(CCO)CC1C. The summed E-state index contributed by atoms with van der Waals surface area (Å²) >= 11 is 0. The molecule has 3 atom stereocenters. The Morgan fingerprint density at radius 1 is 1.62 bits per heavy atom. The predicted octanol–water partition coefficient (Wildman–Crippen LogP) is 1.59. The van der Waals surface area contributed by atoms with Crippen molar-refractivity contribution in [1.82, 2.24) is 5.01 Å². The van der Waals surface area contributed by atoms with Gasteiger partial charge in [-0.05, 0) is 32.6 Å². The van der Waals surface area contributed by atoms with Crippen LogP contribution in [0.5, 0.6) is 0 Å². The van der Waals surface area contributed by atoms with Gasteiger partial charge in [-0.3, -0.25) is 0 Å². The van der Waals surface area contributed by atoms with E-state index in [9.17, 15) is 0 Å². The molecule has 0 bridgehead atoms. The highest BCUT2D eigenvalue weighted by molar-refractivity contribution is 6.06. The van der Waals surface area contributed by atoms with Crippen LogP contribution in [0.25, 0.3) is 0 Å². The summed E-state index contributed by atoms with van der Waals surface area (Å²) in [5, 5.41) is 15.1. The maximum Gasteiger partial charge on any atom is 0.238 e. The van der Waals surface area contributed by atoms with Crippen molar-refractivity contribution in [2.24, 2.45) is 21.7 Å². The number of nitrogens with zero attached hydrogens (tertiary/aromatic N) is 3. The lowest BCUT2D eigenvalue weighted by molar-refractivity contribution is 0.0312. The molecule has 0 aromatic rings. The molecule has 21 heavy (non-hydrogen) atoms. The Labute approximate surface area is 125 Å². The summed E-state index contributed by atoms with van der Waals surface area (Å²) in [5.74, 6) is 0.563. The van der Waals surface area contributed by atoms with Gasteiger partial charge in [0.15, 0.2) is 0 Å². The van der Waals surface area contributed by atoms with Crippen molar-refractivity contribution in [3.8, 4) is 0 Å². The summed E-state index contributed by atoms with van der Waals surface area (Å²) in [7, 11) is 0. The molecule has 0 aromatic heterocycles. The summed E-state index contributed by atoms with van der Waals surface area (Å²) in [4.78, 5) is 4.12. The molecule has 0 spiro atoms. The van der Waals surface area contributed by atoms with Crippen LogP contribution in [-0.4, -0.2) is 40.6 Å². The van der Waals surface area contributed by atoms with Crippen molar-refractivity contribution in [3.63, 3.8) is 0 Å². The Bertz CT molecular complexity index is 510. The third-order valence-electron chi connectivity index (χ3n) is 3.93. The molecule has 2 aliphatic heterocycles. The van der Waals surface area contributed by atoms with Gasteiger partial charge in [0.05, 0.1) is 23.2 Å². The number of aliphatic imine (C=N–C) groups is 1. The van der Waals surface area contributed by atoms with Gasteiger partial charge in [0.25, 0.3) is 0 Å². The highest BCUT2D eigenvalue weighted by Gasteiger charge is 2.37. The van der Waals surface area contributed by atoms with E-state index >= 15 is 0 Å². The van der Waals surface area contributed by atoms with Crippen LogP contribution in [-0.2, 0) is 4.74 Å². The van der Waals surface area contributed by atoms with E-state index in [1.165, 1.54) is 0 Å². The lowest BCUT2D eigenvalue weighted by atomic mass is 9.98. The fourth-order valence-corrected chi connectivity index (χ4v) is 2.82. The second-order valence-corrected chi connectivity index (χ2v) is 5.53. The Hall–Kier alpha value is -1.66. The number of ether oxygens (including phenoxy) is 1. The van der Waals surface area contributed by atoms with Crippen molar-refractivity contribution < 1.29 is 9.84 Å². The number of aliphatic hydroxyl groups excluding tert-OH is 1. The summed E-state index contributed by atoms with van der Waals surface area (Å²) < 4.78 is 6.08. The summed E-state index contributed by atoms with van der Waals surface area (Å²) in [6.45, 7) is 10.1. The van der Waals surface area contributed by atoms with Crippen LogP contribution in [0.15, 0.2) is 34.1 Å². The second-order valence-electron chi connectivity index (χ2n) is 5.53. The van der Waals surface area contributed by atoms with Gasteiger partial charge in [0.1, 0.15) is 6.10 Å². The second kappa shape index (κ2) is 6.41.